The van der Waals surface area contributed by atoms with Gasteiger partial charge in [0.25, 0.3) is 0 Å². The maximum Gasteiger partial charge on any atom is 0.328 e. The third-order valence-corrected chi connectivity index (χ3v) is 3.87. The van der Waals surface area contributed by atoms with E-state index in [4.69, 9.17) is 10.1 Å². The molecule has 0 aliphatic heterocycles. The van der Waals surface area contributed by atoms with E-state index in [-0.39, 0.29) is 31.3 Å². The summed E-state index contributed by atoms with van der Waals surface area (Å²) in [5.41, 5.74) is 0. The van der Waals surface area contributed by atoms with Crippen LogP contribution in [0.25, 0.3) is 0 Å². The molecule has 0 bridgehead atoms. The molecule has 0 saturated heterocycles. The normalized spacial score (nSPS) is 13.6. The molecule has 0 aliphatic carbocycles. The van der Waals surface area contributed by atoms with Gasteiger partial charge in [-0.05, 0) is 32.6 Å². The van der Waals surface area contributed by atoms with Crippen molar-refractivity contribution in [3.63, 3.8) is 0 Å². The van der Waals surface area contributed by atoms with Crippen LogP contribution in [-0.4, -0.2) is 60.4 Å². The predicted octanol–water partition coefficient (Wildman–Crippen LogP) is 0.0887. The summed E-state index contributed by atoms with van der Waals surface area (Å²) in [5.74, 6) is -2.65. The summed E-state index contributed by atoms with van der Waals surface area (Å²) >= 11 is 0. The molecule has 0 aromatic carbocycles. The average Bonchev–Trinajstić information content (AvgIpc) is 2.63. The summed E-state index contributed by atoms with van der Waals surface area (Å²) in [7, 11) is 0. The first-order valence-electron chi connectivity index (χ1n) is 9.59. The Hall–Kier alpha value is -2.78. The molecule has 3 atom stereocenters. The summed E-state index contributed by atoms with van der Waals surface area (Å²) in [6.45, 7) is 8.28. The molecule has 10 heteroatoms. The summed E-state index contributed by atoms with van der Waals surface area (Å²) in [4.78, 5) is 59.8. The largest absolute Gasteiger partial charge is 0.464 e. The molecule has 164 valence electrons. The van der Waals surface area contributed by atoms with Crippen molar-refractivity contribution in [1.29, 1.82) is 5.41 Å². The second kappa shape index (κ2) is 13.4. The van der Waals surface area contributed by atoms with E-state index in [1.165, 1.54) is 13.8 Å². The fraction of sp³-hybridized carbons (Fsp3) is 0.684. The molecule has 0 unspecified atom stereocenters. The highest BCUT2D eigenvalue weighted by molar-refractivity contribution is 6.26. The molecule has 0 saturated carbocycles. The molecule has 29 heavy (non-hydrogen) atoms. The maximum atomic E-state index is 12.6. The Bertz CT molecular complexity index is 620. The van der Waals surface area contributed by atoms with Crippen LogP contribution < -0.4 is 16.0 Å². The second-order valence-electron chi connectivity index (χ2n) is 7.08. The molecule has 0 rings (SSSR count). The summed E-state index contributed by atoms with van der Waals surface area (Å²) in [5, 5.41) is 14.5. The number of rotatable bonds is 13. The number of nitrogens with one attached hydrogen (secondary N) is 4. The van der Waals surface area contributed by atoms with E-state index in [1.807, 2.05) is 13.8 Å². The van der Waals surface area contributed by atoms with Gasteiger partial charge in [-0.15, -0.1) is 0 Å². The third kappa shape index (κ3) is 11.0. The summed E-state index contributed by atoms with van der Waals surface area (Å²) in [6.07, 6.45) is 0.801. The Morgan fingerprint density at radius 3 is 2.03 bits per heavy atom. The van der Waals surface area contributed by atoms with E-state index in [1.54, 1.807) is 6.92 Å². The minimum atomic E-state index is -1.12. The standard InChI is InChI=1S/C19H32N4O6/c1-6-29-19(28)12(4)21-17(26)15(8-7-14(25)10-20)23-18(27)16(9-11(2)3)22-13(5)24/h10-12,15-16,20H,6-9H2,1-5H3,(H,21,26)(H,22,24)(H,23,27)/t12-,15+,16+/m1/s1. The number of Topliss-reactive ketones (excluding diaryl/α,β-unsaturated/α-hetero) is 1. The molecule has 0 heterocycles. The Morgan fingerprint density at radius 2 is 1.55 bits per heavy atom. The number of amides is 3. The molecule has 0 aromatic heterocycles. The van der Waals surface area contributed by atoms with Crippen LogP contribution >= 0.6 is 0 Å². The molecule has 0 aliphatic rings. The zero-order valence-corrected chi connectivity index (χ0v) is 17.7. The first-order chi connectivity index (χ1) is 13.5. The highest BCUT2D eigenvalue weighted by Crippen LogP contribution is 2.07. The zero-order valence-electron chi connectivity index (χ0n) is 17.7. The minimum Gasteiger partial charge on any atom is -0.464 e. The van der Waals surface area contributed by atoms with Gasteiger partial charge in [0, 0.05) is 13.3 Å². The van der Waals surface area contributed by atoms with Crippen LogP contribution in [0.2, 0.25) is 0 Å². The van der Waals surface area contributed by atoms with Crippen LogP contribution in [0.4, 0.5) is 0 Å². The molecule has 3 amide bonds. The van der Waals surface area contributed by atoms with Crippen molar-refractivity contribution in [3.8, 4) is 0 Å². The quantitative estimate of drug-likeness (QED) is 0.248. The van der Waals surface area contributed by atoms with Gasteiger partial charge in [-0.1, -0.05) is 13.8 Å². The molecule has 4 N–H and O–H groups in total. The van der Waals surface area contributed by atoms with Crippen molar-refractivity contribution in [2.45, 2.75) is 72.0 Å². The van der Waals surface area contributed by atoms with Crippen molar-refractivity contribution in [2.24, 2.45) is 5.92 Å². The average molecular weight is 412 g/mol. The lowest BCUT2D eigenvalue weighted by Crippen LogP contribution is -2.55. The first kappa shape index (κ1) is 26.2. The SMILES string of the molecule is CCOC(=O)[C@@H](C)NC(=O)[C@H](CCC(=O)C=N)NC(=O)[C@H](CC(C)C)NC(C)=O. The minimum absolute atomic E-state index is 0.0597. The molecule has 10 nitrogen and oxygen atoms in total. The zero-order chi connectivity index (χ0) is 22.6. The molecule has 0 spiro atoms. The Labute approximate surface area is 171 Å². The maximum absolute atomic E-state index is 12.6. The van der Waals surface area contributed by atoms with Gasteiger partial charge < -0.3 is 26.1 Å². The van der Waals surface area contributed by atoms with E-state index < -0.39 is 41.7 Å². The van der Waals surface area contributed by atoms with Crippen molar-refractivity contribution in [1.82, 2.24) is 16.0 Å². The van der Waals surface area contributed by atoms with Crippen LogP contribution in [0, 0.1) is 11.3 Å². The van der Waals surface area contributed by atoms with Crippen molar-refractivity contribution >= 4 is 35.7 Å². The van der Waals surface area contributed by atoms with E-state index in [9.17, 15) is 24.0 Å². The molecular weight excluding hydrogens is 380 g/mol. The highest BCUT2D eigenvalue weighted by atomic mass is 16.5. The number of hydrogen-bond donors (Lipinski definition) is 4. The topological polar surface area (TPSA) is 155 Å². The first-order valence-corrected chi connectivity index (χ1v) is 9.59. The summed E-state index contributed by atoms with van der Waals surface area (Å²) in [6, 6.07) is -2.91. The monoisotopic (exact) mass is 412 g/mol. The van der Waals surface area contributed by atoms with Gasteiger partial charge in [-0.25, -0.2) is 4.79 Å². The van der Waals surface area contributed by atoms with E-state index >= 15 is 0 Å². The van der Waals surface area contributed by atoms with Crippen LogP contribution in [0.5, 0.6) is 0 Å². The van der Waals surface area contributed by atoms with E-state index in [2.05, 4.69) is 16.0 Å². The lowest BCUT2D eigenvalue weighted by Gasteiger charge is -2.24. The smallest absolute Gasteiger partial charge is 0.328 e. The number of esters is 1. The van der Waals surface area contributed by atoms with Crippen LogP contribution in [0.15, 0.2) is 0 Å². The molecule has 0 radical (unpaired) electrons. The predicted molar refractivity (Wildman–Crippen MR) is 106 cm³/mol. The summed E-state index contributed by atoms with van der Waals surface area (Å²) < 4.78 is 4.83. The fourth-order valence-corrected chi connectivity index (χ4v) is 2.49. The number of carbonyl (C=O) groups is 5. The van der Waals surface area contributed by atoms with Gasteiger partial charge in [0.15, 0.2) is 5.78 Å². The van der Waals surface area contributed by atoms with Crippen LogP contribution in [0.3, 0.4) is 0 Å². The van der Waals surface area contributed by atoms with E-state index in [0.717, 1.165) is 0 Å². The van der Waals surface area contributed by atoms with Crippen molar-refractivity contribution in [3.05, 3.63) is 0 Å². The highest BCUT2D eigenvalue weighted by Gasteiger charge is 2.29. The van der Waals surface area contributed by atoms with Gasteiger partial charge in [0.2, 0.25) is 17.7 Å². The molecule has 0 fully saturated rings. The molecular formula is C19H32N4O6. The van der Waals surface area contributed by atoms with Gasteiger partial charge in [0.1, 0.15) is 18.1 Å². The fourth-order valence-electron chi connectivity index (χ4n) is 2.49. The number of ether oxygens (including phenoxy) is 1. The van der Waals surface area contributed by atoms with Crippen molar-refractivity contribution in [2.75, 3.05) is 6.61 Å². The van der Waals surface area contributed by atoms with Crippen LogP contribution in [0.1, 0.15) is 53.9 Å². The van der Waals surface area contributed by atoms with E-state index in [0.29, 0.717) is 12.6 Å². The van der Waals surface area contributed by atoms with Gasteiger partial charge >= 0.3 is 5.97 Å². The number of carbonyl (C=O) groups excluding carboxylic acids is 5. The number of hydrogen-bond acceptors (Lipinski definition) is 7. The third-order valence-electron chi connectivity index (χ3n) is 3.87. The Kier molecular flexibility index (Phi) is 12.1. The second-order valence-corrected chi connectivity index (χ2v) is 7.08. The van der Waals surface area contributed by atoms with Gasteiger partial charge in [-0.2, -0.15) is 0 Å². The Balaban J connectivity index is 5.30. The lowest BCUT2D eigenvalue weighted by molar-refractivity contribution is -0.147. The Morgan fingerprint density at radius 1 is 0.966 bits per heavy atom. The lowest BCUT2D eigenvalue weighted by atomic mass is 10.0. The van der Waals surface area contributed by atoms with Gasteiger partial charge in [0.05, 0.1) is 12.8 Å². The van der Waals surface area contributed by atoms with Crippen LogP contribution in [-0.2, 0) is 28.7 Å². The van der Waals surface area contributed by atoms with Crippen molar-refractivity contribution < 1.29 is 28.7 Å². The van der Waals surface area contributed by atoms with Gasteiger partial charge in [-0.3, -0.25) is 19.2 Å². The number of ketones is 1. The molecule has 0 aromatic rings.